The van der Waals surface area contributed by atoms with Crippen molar-refractivity contribution in [2.24, 2.45) is 0 Å². The Balaban J connectivity index is 0.919. The predicted octanol–water partition coefficient (Wildman–Crippen LogP) is 3.70. The van der Waals surface area contributed by atoms with E-state index < -0.39 is 5.92 Å². The molecule has 1 unspecified atom stereocenters. The highest BCUT2D eigenvalue weighted by molar-refractivity contribution is 6.03. The quantitative estimate of drug-likeness (QED) is 0.216. The van der Waals surface area contributed by atoms with Crippen LogP contribution in [0.4, 0.5) is 20.3 Å². The van der Waals surface area contributed by atoms with Crippen LogP contribution in [0.5, 0.6) is 0 Å². The average Bonchev–Trinajstić information content (AvgIpc) is 3.53. The van der Waals surface area contributed by atoms with Gasteiger partial charge in [0.1, 0.15) is 23.5 Å². The van der Waals surface area contributed by atoms with Crippen LogP contribution in [0.15, 0.2) is 67.1 Å². The van der Waals surface area contributed by atoms with Crippen LogP contribution in [0.1, 0.15) is 28.9 Å². The minimum atomic E-state index is -2.61. The summed E-state index contributed by atoms with van der Waals surface area (Å²) in [5.74, 6) is -2.24. The number of aromatic nitrogens is 4. The number of morpholine rings is 1. The summed E-state index contributed by atoms with van der Waals surface area (Å²) in [4.78, 5) is 48.3. The van der Waals surface area contributed by atoms with Gasteiger partial charge >= 0.3 is 0 Å². The highest BCUT2D eigenvalue weighted by Gasteiger charge is 2.42. The molecule has 256 valence electrons. The largest absolute Gasteiger partial charge is 0.378 e. The average molecular weight is 672 g/mol. The minimum Gasteiger partial charge on any atom is -0.378 e. The van der Waals surface area contributed by atoms with Crippen LogP contribution in [0.3, 0.4) is 0 Å². The molecule has 3 aromatic heterocycles. The molecule has 0 bridgehead atoms. The van der Waals surface area contributed by atoms with Crippen molar-refractivity contribution >= 4 is 34.4 Å². The van der Waals surface area contributed by atoms with E-state index in [1.54, 1.807) is 29.6 Å². The number of anilines is 2. The molecule has 0 radical (unpaired) electrons. The molecule has 2 amide bonds. The Labute approximate surface area is 282 Å². The first-order valence-corrected chi connectivity index (χ1v) is 16.6. The van der Waals surface area contributed by atoms with Crippen molar-refractivity contribution in [3.05, 3.63) is 78.4 Å². The number of amides is 2. The van der Waals surface area contributed by atoms with Gasteiger partial charge in [0.2, 0.25) is 5.91 Å². The van der Waals surface area contributed by atoms with Crippen LogP contribution in [-0.4, -0.2) is 113 Å². The molecule has 3 N–H and O–H groups in total. The van der Waals surface area contributed by atoms with Crippen LogP contribution < -0.4 is 15.5 Å². The van der Waals surface area contributed by atoms with Gasteiger partial charge in [0.15, 0.2) is 0 Å². The molecule has 6 heterocycles. The maximum absolute atomic E-state index is 13.2. The molecule has 3 fully saturated rings. The third-order valence-electron chi connectivity index (χ3n) is 9.03. The van der Waals surface area contributed by atoms with E-state index in [1.807, 2.05) is 30.3 Å². The first-order chi connectivity index (χ1) is 23.8. The predicted molar refractivity (Wildman–Crippen MR) is 182 cm³/mol. The van der Waals surface area contributed by atoms with Crippen LogP contribution >= 0.6 is 0 Å². The zero-order valence-electron chi connectivity index (χ0n) is 27.1. The Morgan fingerprint density at radius 1 is 1.02 bits per heavy atom. The molecule has 0 saturated carbocycles. The second-order valence-electron chi connectivity index (χ2n) is 12.8. The van der Waals surface area contributed by atoms with Gasteiger partial charge in [-0.25, -0.2) is 18.7 Å². The van der Waals surface area contributed by atoms with E-state index in [0.29, 0.717) is 44.2 Å². The number of piperidine rings is 1. The number of H-pyrrole nitrogens is 1. The fourth-order valence-corrected chi connectivity index (χ4v) is 6.60. The standard InChI is InChI=1S/C35H39F2N9O3/c36-35(37)21-45(22-35)12-2-4-31(47)41-27-3-1-11-44(20-27)19-24-9-10-38-30(17-24)34(48)42-26-7-5-25(6-8-26)29-18-28-32(43-29)39-23-40-33(28)46-13-15-49-16-14-46/h2,4-10,17-18,23,27H,1,3,11-16,19-22H2,(H,41,47)(H,42,48)(H,39,40,43)/b4-2+. The number of nitrogens with one attached hydrogen (secondary N) is 3. The summed E-state index contributed by atoms with van der Waals surface area (Å²) in [6, 6.07) is 13.3. The molecular weight excluding hydrogens is 632 g/mol. The van der Waals surface area contributed by atoms with Crippen molar-refractivity contribution in [1.82, 2.24) is 35.1 Å². The van der Waals surface area contributed by atoms with Crippen LogP contribution in [0.25, 0.3) is 22.3 Å². The Bertz CT molecular complexity index is 1820. The molecule has 1 atom stereocenters. The van der Waals surface area contributed by atoms with Crippen molar-refractivity contribution < 1.29 is 23.1 Å². The second-order valence-corrected chi connectivity index (χ2v) is 12.8. The summed E-state index contributed by atoms with van der Waals surface area (Å²) in [6.45, 7) is 4.89. The molecule has 0 aliphatic carbocycles. The van der Waals surface area contributed by atoms with Crippen molar-refractivity contribution in [3.8, 4) is 11.3 Å². The highest BCUT2D eigenvalue weighted by Crippen LogP contribution is 2.30. The number of carbonyl (C=O) groups is 2. The van der Waals surface area contributed by atoms with Crippen molar-refractivity contribution in [2.45, 2.75) is 31.4 Å². The van der Waals surface area contributed by atoms with Gasteiger partial charge in [-0.2, -0.15) is 0 Å². The number of hydrogen-bond donors (Lipinski definition) is 3. The van der Waals surface area contributed by atoms with E-state index in [0.717, 1.165) is 66.1 Å². The summed E-state index contributed by atoms with van der Waals surface area (Å²) in [5, 5.41) is 6.93. The SMILES string of the molecule is O=C(/C=C/CN1CC(F)(F)C1)NC1CCCN(Cc2ccnc(C(=O)Nc3ccc(-c4cc5c(N6CCOCC6)ncnc5[nH]4)cc3)c2)C1. The van der Waals surface area contributed by atoms with Gasteiger partial charge < -0.3 is 25.3 Å². The zero-order valence-corrected chi connectivity index (χ0v) is 27.1. The summed E-state index contributed by atoms with van der Waals surface area (Å²) in [6.07, 6.45) is 8.05. The summed E-state index contributed by atoms with van der Waals surface area (Å²) in [7, 11) is 0. The lowest BCUT2D eigenvalue weighted by Gasteiger charge is -2.37. The molecule has 12 nitrogen and oxygen atoms in total. The number of fused-ring (bicyclic) bond motifs is 1. The van der Waals surface area contributed by atoms with Crippen LogP contribution in [0, 0.1) is 0 Å². The number of benzene rings is 1. The van der Waals surface area contributed by atoms with Gasteiger partial charge in [-0.05, 0) is 60.8 Å². The lowest BCUT2D eigenvalue weighted by Crippen LogP contribution is -2.55. The number of likely N-dealkylation sites (tertiary alicyclic amines) is 2. The fraction of sp³-hybridized carbons (Fsp3) is 0.400. The van der Waals surface area contributed by atoms with Gasteiger partial charge in [0.25, 0.3) is 11.8 Å². The van der Waals surface area contributed by atoms with E-state index in [1.165, 1.54) is 6.08 Å². The smallest absolute Gasteiger partial charge is 0.274 e. The molecule has 7 rings (SSSR count). The molecule has 4 aromatic rings. The summed E-state index contributed by atoms with van der Waals surface area (Å²) >= 11 is 0. The first-order valence-electron chi connectivity index (χ1n) is 16.6. The third-order valence-corrected chi connectivity index (χ3v) is 9.03. The fourth-order valence-electron chi connectivity index (χ4n) is 6.60. The summed E-state index contributed by atoms with van der Waals surface area (Å²) in [5.41, 5.74) is 4.55. The number of nitrogens with zero attached hydrogens (tertiary/aromatic N) is 6. The number of alkyl halides is 2. The van der Waals surface area contributed by atoms with Gasteiger partial charge in [0, 0.05) is 62.4 Å². The molecular formula is C35H39F2N9O3. The van der Waals surface area contributed by atoms with Gasteiger partial charge in [-0.15, -0.1) is 0 Å². The Morgan fingerprint density at radius 2 is 1.84 bits per heavy atom. The van der Waals surface area contributed by atoms with Crippen LogP contribution in [-0.2, 0) is 16.1 Å². The van der Waals surface area contributed by atoms with Gasteiger partial charge in [-0.1, -0.05) is 18.2 Å². The van der Waals surface area contributed by atoms with E-state index in [4.69, 9.17) is 4.74 Å². The van der Waals surface area contributed by atoms with Crippen LogP contribution in [0.2, 0.25) is 0 Å². The molecule has 14 heteroatoms. The maximum atomic E-state index is 13.2. The minimum absolute atomic E-state index is 0.0177. The number of hydrogen-bond acceptors (Lipinski definition) is 9. The maximum Gasteiger partial charge on any atom is 0.274 e. The topological polar surface area (TPSA) is 132 Å². The number of aromatic amines is 1. The third kappa shape index (κ3) is 8.10. The Morgan fingerprint density at radius 3 is 2.63 bits per heavy atom. The lowest BCUT2D eigenvalue weighted by atomic mass is 10.0. The number of rotatable bonds is 10. The second kappa shape index (κ2) is 14.4. The van der Waals surface area contributed by atoms with E-state index in [-0.39, 0.29) is 30.9 Å². The number of pyridine rings is 1. The number of ether oxygens (including phenoxy) is 1. The van der Waals surface area contributed by atoms with Crippen molar-refractivity contribution in [1.29, 1.82) is 0 Å². The lowest BCUT2D eigenvalue weighted by molar-refractivity contribution is -0.126. The van der Waals surface area contributed by atoms with Gasteiger partial charge in [-0.3, -0.25) is 24.4 Å². The summed E-state index contributed by atoms with van der Waals surface area (Å²) < 4.78 is 31.5. The normalized spacial score (nSPS) is 20.0. The van der Waals surface area contributed by atoms with E-state index in [9.17, 15) is 18.4 Å². The van der Waals surface area contributed by atoms with E-state index in [2.05, 4.69) is 46.4 Å². The van der Waals surface area contributed by atoms with E-state index >= 15 is 0 Å². The van der Waals surface area contributed by atoms with Crippen molar-refractivity contribution in [3.63, 3.8) is 0 Å². The molecule has 1 aromatic carbocycles. The molecule has 49 heavy (non-hydrogen) atoms. The number of halogens is 2. The van der Waals surface area contributed by atoms with Gasteiger partial charge in [0.05, 0.1) is 31.7 Å². The molecule has 3 aliphatic heterocycles. The molecule has 3 saturated heterocycles. The highest BCUT2D eigenvalue weighted by atomic mass is 19.3. The van der Waals surface area contributed by atoms with Crippen molar-refractivity contribution in [2.75, 3.05) is 69.2 Å². The first kappa shape index (κ1) is 32.7. The molecule has 3 aliphatic rings. The number of carbonyl (C=O) groups excluding carboxylic acids is 2. The monoisotopic (exact) mass is 671 g/mol. The Kier molecular flexibility index (Phi) is 9.60. The molecule has 0 spiro atoms. The zero-order chi connectivity index (χ0) is 33.8. The Hall–Kier alpha value is -4.79.